The van der Waals surface area contributed by atoms with Crippen LogP contribution in [0.4, 0.5) is 15.9 Å². The minimum Gasteiger partial charge on any atom is -0.493 e. The van der Waals surface area contributed by atoms with Gasteiger partial charge >= 0.3 is 0 Å². The molecular formula is C22H22FN3O3. The first-order chi connectivity index (χ1) is 14.1. The molecule has 0 unspecified atom stereocenters. The number of carbonyl (C=O) groups is 1. The fourth-order valence-electron chi connectivity index (χ4n) is 2.74. The molecule has 3 rings (SSSR count). The van der Waals surface area contributed by atoms with E-state index in [2.05, 4.69) is 15.6 Å². The zero-order valence-electron chi connectivity index (χ0n) is 16.2. The number of halogens is 1. The Kier molecular flexibility index (Phi) is 6.63. The van der Waals surface area contributed by atoms with Crippen molar-refractivity contribution < 1.29 is 18.7 Å². The fraction of sp³-hybridized carbons (Fsp3) is 0.182. The van der Waals surface area contributed by atoms with Crippen LogP contribution in [0.3, 0.4) is 0 Å². The highest BCUT2D eigenvalue weighted by atomic mass is 19.1. The molecule has 0 aliphatic carbocycles. The van der Waals surface area contributed by atoms with Gasteiger partial charge in [-0.1, -0.05) is 12.1 Å². The third kappa shape index (κ3) is 5.44. The minimum atomic E-state index is -0.275. The Morgan fingerprint density at radius 2 is 1.76 bits per heavy atom. The Balaban J connectivity index is 1.55. The van der Waals surface area contributed by atoms with Crippen LogP contribution in [0.25, 0.3) is 0 Å². The maximum atomic E-state index is 12.9. The number of amides is 1. The molecule has 0 saturated heterocycles. The molecule has 0 fully saturated rings. The third-order valence-electron chi connectivity index (χ3n) is 4.30. The van der Waals surface area contributed by atoms with Crippen molar-refractivity contribution in [3.63, 3.8) is 0 Å². The van der Waals surface area contributed by atoms with Crippen LogP contribution < -0.4 is 20.1 Å². The minimum absolute atomic E-state index is 0.245. The van der Waals surface area contributed by atoms with Gasteiger partial charge in [0.25, 0.3) is 5.91 Å². The maximum Gasteiger partial charge on any atom is 0.257 e. The highest BCUT2D eigenvalue weighted by molar-refractivity contribution is 6.04. The molecule has 3 aromatic rings. The van der Waals surface area contributed by atoms with Gasteiger partial charge in [-0.3, -0.25) is 4.79 Å². The highest BCUT2D eigenvalue weighted by Crippen LogP contribution is 2.29. The van der Waals surface area contributed by atoms with E-state index in [1.54, 1.807) is 49.6 Å². The van der Waals surface area contributed by atoms with Gasteiger partial charge in [0.05, 0.1) is 19.8 Å². The van der Waals surface area contributed by atoms with Crippen molar-refractivity contribution in [1.29, 1.82) is 0 Å². The Morgan fingerprint density at radius 3 is 2.41 bits per heavy atom. The van der Waals surface area contributed by atoms with Crippen molar-refractivity contribution in [3.8, 4) is 11.5 Å². The van der Waals surface area contributed by atoms with Gasteiger partial charge in [0, 0.05) is 24.5 Å². The molecule has 0 radical (unpaired) electrons. The summed E-state index contributed by atoms with van der Waals surface area (Å²) >= 11 is 0. The summed E-state index contributed by atoms with van der Waals surface area (Å²) in [5, 5.41) is 5.99. The molecule has 29 heavy (non-hydrogen) atoms. The van der Waals surface area contributed by atoms with E-state index < -0.39 is 0 Å². The van der Waals surface area contributed by atoms with Crippen LogP contribution >= 0.6 is 0 Å². The average Bonchev–Trinajstić information content (AvgIpc) is 2.75. The van der Waals surface area contributed by atoms with E-state index in [1.165, 1.54) is 25.4 Å². The lowest BCUT2D eigenvalue weighted by Crippen LogP contribution is -2.13. The van der Waals surface area contributed by atoms with E-state index in [1.807, 2.05) is 0 Å². The van der Waals surface area contributed by atoms with Gasteiger partial charge in [0.1, 0.15) is 11.6 Å². The average molecular weight is 395 g/mol. The molecule has 2 aromatic carbocycles. The molecule has 0 bridgehead atoms. The van der Waals surface area contributed by atoms with Gasteiger partial charge in [0.2, 0.25) is 0 Å². The van der Waals surface area contributed by atoms with Crippen molar-refractivity contribution in [3.05, 3.63) is 77.7 Å². The number of anilines is 2. The number of hydrogen-bond acceptors (Lipinski definition) is 5. The predicted octanol–water partition coefficient (Wildman–Crippen LogP) is 4.14. The van der Waals surface area contributed by atoms with Gasteiger partial charge < -0.3 is 20.1 Å². The molecule has 0 atom stereocenters. The summed E-state index contributed by atoms with van der Waals surface area (Å²) in [6, 6.07) is 15.0. The van der Waals surface area contributed by atoms with Crippen molar-refractivity contribution in [2.45, 2.75) is 6.42 Å². The van der Waals surface area contributed by atoms with Crippen molar-refractivity contribution in [1.82, 2.24) is 4.98 Å². The van der Waals surface area contributed by atoms with E-state index in [4.69, 9.17) is 9.47 Å². The molecule has 0 aliphatic heterocycles. The number of methoxy groups -OCH3 is 2. The van der Waals surface area contributed by atoms with Crippen LogP contribution in [0.5, 0.6) is 11.5 Å². The van der Waals surface area contributed by atoms with E-state index in [-0.39, 0.29) is 11.7 Å². The van der Waals surface area contributed by atoms with Crippen LogP contribution in [0.15, 0.2) is 60.8 Å². The summed E-state index contributed by atoms with van der Waals surface area (Å²) in [5.74, 6) is 1.26. The Labute approximate surface area is 168 Å². The molecule has 0 spiro atoms. The second kappa shape index (κ2) is 9.54. The predicted molar refractivity (Wildman–Crippen MR) is 110 cm³/mol. The van der Waals surface area contributed by atoms with Gasteiger partial charge in [-0.25, -0.2) is 9.37 Å². The number of rotatable bonds is 8. The smallest absolute Gasteiger partial charge is 0.257 e. The van der Waals surface area contributed by atoms with Crippen LogP contribution in [-0.2, 0) is 6.42 Å². The topological polar surface area (TPSA) is 72.5 Å². The molecule has 0 saturated carbocycles. The lowest BCUT2D eigenvalue weighted by atomic mass is 10.1. The summed E-state index contributed by atoms with van der Waals surface area (Å²) in [4.78, 5) is 16.7. The van der Waals surface area contributed by atoms with Crippen molar-refractivity contribution in [2.24, 2.45) is 0 Å². The van der Waals surface area contributed by atoms with E-state index in [0.29, 0.717) is 35.1 Å². The second-order valence-corrected chi connectivity index (χ2v) is 6.26. The van der Waals surface area contributed by atoms with E-state index in [0.717, 1.165) is 12.0 Å². The first kappa shape index (κ1) is 20.1. The first-order valence-corrected chi connectivity index (χ1v) is 9.07. The Morgan fingerprint density at radius 1 is 1.00 bits per heavy atom. The number of nitrogens with zero attached hydrogens (tertiary/aromatic N) is 1. The standard InChI is InChI=1S/C22H22FN3O3/c1-28-19-9-8-18(13-20(19)29-2)26-22(27)16-5-10-21(25-14-16)24-12-11-15-3-6-17(23)7-4-15/h3-10,13-14H,11-12H2,1-2H3,(H,24,25)(H,26,27). The zero-order chi connectivity index (χ0) is 20.6. The van der Waals surface area contributed by atoms with Crippen LogP contribution in [0.1, 0.15) is 15.9 Å². The molecule has 1 aromatic heterocycles. The van der Waals surface area contributed by atoms with E-state index >= 15 is 0 Å². The number of hydrogen-bond donors (Lipinski definition) is 2. The molecule has 1 heterocycles. The fourth-order valence-corrected chi connectivity index (χ4v) is 2.74. The quantitative estimate of drug-likeness (QED) is 0.600. The number of pyridine rings is 1. The number of aromatic nitrogens is 1. The maximum absolute atomic E-state index is 12.9. The summed E-state index contributed by atoms with van der Waals surface area (Å²) in [6.07, 6.45) is 2.25. The van der Waals surface area contributed by atoms with Crippen molar-refractivity contribution in [2.75, 3.05) is 31.4 Å². The monoisotopic (exact) mass is 395 g/mol. The first-order valence-electron chi connectivity index (χ1n) is 9.07. The number of benzene rings is 2. The number of ether oxygens (including phenoxy) is 2. The molecule has 0 aliphatic rings. The van der Waals surface area contributed by atoms with Gasteiger partial charge in [-0.15, -0.1) is 0 Å². The zero-order valence-corrected chi connectivity index (χ0v) is 16.2. The molecular weight excluding hydrogens is 373 g/mol. The van der Waals surface area contributed by atoms with E-state index in [9.17, 15) is 9.18 Å². The second-order valence-electron chi connectivity index (χ2n) is 6.26. The largest absolute Gasteiger partial charge is 0.493 e. The number of nitrogens with one attached hydrogen (secondary N) is 2. The highest BCUT2D eigenvalue weighted by Gasteiger charge is 2.10. The summed E-state index contributed by atoms with van der Waals surface area (Å²) in [6.45, 7) is 0.649. The number of carbonyl (C=O) groups excluding carboxylic acids is 1. The molecule has 150 valence electrons. The lowest BCUT2D eigenvalue weighted by molar-refractivity contribution is 0.102. The summed E-state index contributed by atoms with van der Waals surface area (Å²) < 4.78 is 23.3. The SMILES string of the molecule is COc1ccc(NC(=O)c2ccc(NCCc3ccc(F)cc3)nc2)cc1OC. The van der Waals surface area contributed by atoms with Crippen LogP contribution in [-0.4, -0.2) is 31.7 Å². The van der Waals surface area contributed by atoms with Gasteiger partial charge in [0.15, 0.2) is 11.5 Å². The van der Waals surface area contributed by atoms with Crippen LogP contribution in [0.2, 0.25) is 0 Å². The van der Waals surface area contributed by atoms with Crippen molar-refractivity contribution >= 4 is 17.4 Å². The summed E-state index contributed by atoms with van der Waals surface area (Å²) in [5.41, 5.74) is 2.06. The Hall–Kier alpha value is -3.61. The molecule has 6 nitrogen and oxygen atoms in total. The molecule has 1 amide bonds. The lowest BCUT2D eigenvalue weighted by Gasteiger charge is -2.11. The Bertz CT molecular complexity index is 960. The molecule has 2 N–H and O–H groups in total. The normalized spacial score (nSPS) is 10.3. The van der Waals surface area contributed by atoms with Gasteiger partial charge in [-0.2, -0.15) is 0 Å². The third-order valence-corrected chi connectivity index (χ3v) is 4.30. The van der Waals surface area contributed by atoms with Crippen LogP contribution in [0, 0.1) is 5.82 Å². The molecule has 7 heteroatoms. The summed E-state index contributed by atoms with van der Waals surface area (Å²) in [7, 11) is 3.09. The van der Waals surface area contributed by atoms with Gasteiger partial charge in [-0.05, 0) is 48.4 Å².